The number of benzene rings is 1. The zero-order valence-electron chi connectivity index (χ0n) is 15.4. The van der Waals surface area contributed by atoms with Crippen molar-refractivity contribution in [2.75, 3.05) is 35.0 Å². The molecule has 1 unspecified atom stereocenters. The second kappa shape index (κ2) is 9.21. The fraction of sp³-hybridized carbons (Fsp3) is 0.611. The minimum Gasteiger partial charge on any atom is -0.326 e. The van der Waals surface area contributed by atoms with Crippen LogP contribution in [0.15, 0.2) is 18.2 Å². The van der Waals surface area contributed by atoms with Gasteiger partial charge in [-0.15, -0.1) is 12.4 Å². The number of carbonyl (C=O) groups excluding carboxylic acids is 1. The van der Waals surface area contributed by atoms with Gasteiger partial charge in [0.2, 0.25) is 15.9 Å². The maximum atomic E-state index is 14.1. The lowest BCUT2D eigenvalue weighted by Crippen LogP contribution is -2.32. The highest BCUT2D eigenvalue weighted by atomic mass is 35.5. The lowest BCUT2D eigenvalue weighted by molar-refractivity contribution is -0.117. The van der Waals surface area contributed by atoms with E-state index in [1.807, 2.05) is 0 Å². The molecule has 2 N–H and O–H groups in total. The van der Waals surface area contributed by atoms with Crippen LogP contribution < -0.4 is 14.9 Å². The second-order valence-electron chi connectivity index (χ2n) is 7.22. The van der Waals surface area contributed by atoms with E-state index in [4.69, 9.17) is 0 Å². The van der Waals surface area contributed by atoms with Gasteiger partial charge in [-0.25, -0.2) is 12.8 Å². The number of carbonyl (C=O) groups is 1. The topological polar surface area (TPSA) is 78.5 Å². The maximum Gasteiger partial charge on any atom is 0.235 e. The van der Waals surface area contributed by atoms with Crippen LogP contribution in [0.1, 0.15) is 32.6 Å². The van der Waals surface area contributed by atoms with Crippen LogP contribution in [0.5, 0.6) is 0 Å². The van der Waals surface area contributed by atoms with Gasteiger partial charge in [0.1, 0.15) is 5.82 Å². The minimum absolute atomic E-state index is 0. The third-order valence-corrected chi connectivity index (χ3v) is 7.15. The van der Waals surface area contributed by atoms with Gasteiger partial charge in [-0.1, -0.05) is 6.92 Å². The second-order valence-corrected chi connectivity index (χ2v) is 9.24. The standard InChI is InChI=1S/C18H26FN3O3S.ClH/c1-13(14-5-7-20-8-6-14)11-18(23)21-15-3-4-16(19)17(12-15)22-9-2-10-26(22,24)25;/h3-4,12-14,20H,2,5-11H2,1H3,(H,21,23);1H. The molecule has 2 saturated heterocycles. The Morgan fingerprint density at radius 3 is 2.70 bits per heavy atom. The van der Waals surface area contributed by atoms with Crippen molar-refractivity contribution in [3.63, 3.8) is 0 Å². The molecule has 1 aromatic carbocycles. The molecule has 0 bridgehead atoms. The van der Waals surface area contributed by atoms with Crippen molar-refractivity contribution in [1.29, 1.82) is 0 Å². The van der Waals surface area contributed by atoms with Crippen molar-refractivity contribution in [3.8, 4) is 0 Å². The highest BCUT2D eigenvalue weighted by Gasteiger charge is 2.30. The SMILES string of the molecule is CC(CC(=O)Nc1ccc(F)c(N2CCCS2(=O)=O)c1)C1CCNCC1.Cl. The summed E-state index contributed by atoms with van der Waals surface area (Å²) in [5, 5.41) is 6.11. The van der Waals surface area contributed by atoms with Crippen LogP contribution in [-0.2, 0) is 14.8 Å². The number of nitrogens with one attached hydrogen (secondary N) is 2. The number of sulfonamides is 1. The van der Waals surface area contributed by atoms with Gasteiger partial charge in [-0.2, -0.15) is 0 Å². The third kappa shape index (κ3) is 5.33. The third-order valence-electron chi connectivity index (χ3n) is 5.29. The average molecular weight is 420 g/mol. The van der Waals surface area contributed by atoms with Gasteiger partial charge in [-0.05, 0) is 62.4 Å². The smallest absolute Gasteiger partial charge is 0.235 e. The predicted octanol–water partition coefficient (Wildman–Crippen LogP) is 2.75. The Bertz CT molecular complexity index is 769. The fourth-order valence-electron chi connectivity index (χ4n) is 3.78. The number of hydrogen-bond donors (Lipinski definition) is 2. The van der Waals surface area contributed by atoms with Crippen molar-refractivity contribution in [1.82, 2.24) is 5.32 Å². The molecule has 2 aliphatic heterocycles. The Morgan fingerprint density at radius 1 is 1.37 bits per heavy atom. The zero-order chi connectivity index (χ0) is 18.7. The molecular weight excluding hydrogens is 393 g/mol. The summed E-state index contributed by atoms with van der Waals surface area (Å²) in [6.45, 7) is 4.33. The number of amides is 1. The van der Waals surface area contributed by atoms with Crippen molar-refractivity contribution in [3.05, 3.63) is 24.0 Å². The van der Waals surface area contributed by atoms with Gasteiger partial charge in [0.25, 0.3) is 0 Å². The lowest BCUT2D eigenvalue weighted by Gasteiger charge is -2.28. The molecule has 2 heterocycles. The first-order chi connectivity index (χ1) is 12.4. The molecule has 1 aromatic rings. The molecule has 152 valence electrons. The molecule has 2 aliphatic rings. The Labute approximate surface area is 166 Å². The summed E-state index contributed by atoms with van der Waals surface area (Å²) in [4.78, 5) is 12.4. The monoisotopic (exact) mass is 419 g/mol. The van der Waals surface area contributed by atoms with Crippen molar-refractivity contribution < 1.29 is 17.6 Å². The normalized spacial score (nSPS) is 20.7. The average Bonchev–Trinajstić information content (AvgIpc) is 2.96. The van der Waals surface area contributed by atoms with E-state index in [1.165, 1.54) is 18.2 Å². The van der Waals surface area contributed by atoms with E-state index in [9.17, 15) is 17.6 Å². The Kier molecular flexibility index (Phi) is 7.47. The summed E-state index contributed by atoms with van der Waals surface area (Å²) >= 11 is 0. The summed E-state index contributed by atoms with van der Waals surface area (Å²) in [6.07, 6.45) is 3.02. The lowest BCUT2D eigenvalue weighted by atomic mass is 9.84. The number of anilines is 2. The number of rotatable bonds is 5. The van der Waals surface area contributed by atoms with Gasteiger partial charge in [0.15, 0.2) is 0 Å². The zero-order valence-corrected chi connectivity index (χ0v) is 17.0. The molecule has 9 heteroatoms. The largest absolute Gasteiger partial charge is 0.326 e. The first-order valence-electron chi connectivity index (χ1n) is 9.17. The van der Waals surface area contributed by atoms with Crippen LogP contribution >= 0.6 is 12.4 Å². The number of hydrogen-bond acceptors (Lipinski definition) is 4. The van der Waals surface area contributed by atoms with Crippen LogP contribution in [0.25, 0.3) is 0 Å². The van der Waals surface area contributed by atoms with Crippen molar-refractivity contribution in [2.45, 2.75) is 32.6 Å². The van der Waals surface area contributed by atoms with E-state index in [1.54, 1.807) is 0 Å². The van der Waals surface area contributed by atoms with Crippen LogP contribution in [0, 0.1) is 17.7 Å². The minimum atomic E-state index is -3.47. The van der Waals surface area contributed by atoms with E-state index in [-0.39, 0.29) is 42.2 Å². The van der Waals surface area contributed by atoms with Crippen LogP contribution in [0.3, 0.4) is 0 Å². The molecule has 0 aliphatic carbocycles. The molecule has 0 saturated carbocycles. The summed E-state index contributed by atoms with van der Waals surface area (Å²) in [5.74, 6) is 0.0995. The summed E-state index contributed by atoms with van der Waals surface area (Å²) in [6, 6.07) is 4.08. The molecule has 0 radical (unpaired) electrons. The van der Waals surface area contributed by atoms with Crippen LogP contribution in [0.4, 0.5) is 15.8 Å². The summed E-state index contributed by atoms with van der Waals surface area (Å²) in [5.41, 5.74) is 0.428. The molecule has 2 fully saturated rings. The van der Waals surface area contributed by atoms with Gasteiger partial charge < -0.3 is 10.6 Å². The van der Waals surface area contributed by atoms with Gasteiger partial charge in [-0.3, -0.25) is 9.10 Å². The molecule has 3 rings (SSSR count). The number of nitrogens with zero attached hydrogens (tertiary/aromatic N) is 1. The number of halogens is 2. The quantitative estimate of drug-likeness (QED) is 0.769. The van der Waals surface area contributed by atoms with Crippen LogP contribution in [0.2, 0.25) is 0 Å². The fourth-order valence-corrected chi connectivity index (χ4v) is 5.34. The van der Waals surface area contributed by atoms with E-state index in [0.29, 0.717) is 24.4 Å². The maximum absolute atomic E-state index is 14.1. The van der Waals surface area contributed by atoms with Crippen LogP contribution in [-0.4, -0.2) is 39.7 Å². The summed E-state index contributed by atoms with van der Waals surface area (Å²) < 4.78 is 39.3. The van der Waals surface area contributed by atoms with Gasteiger partial charge in [0.05, 0.1) is 11.4 Å². The molecule has 6 nitrogen and oxygen atoms in total. The van der Waals surface area contributed by atoms with Crippen molar-refractivity contribution >= 4 is 39.7 Å². The molecule has 1 atom stereocenters. The Hall–Kier alpha value is -1.38. The molecule has 0 spiro atoms. The Balaban J connectivity index is 0.00000261. The first-order valence-corrected chi connectivity index (χ1v) is 10.8. The van der Waals surface area contributed by atoms with Gasteiger partial charge in [0, 0.05) is 18.7 Å². The highest BCUT2D eigenvalue weighted by Crippen LogP contribution is 2.30. The molecule has 1 amide bonds. The Morgan fingerprint density at radius 2 is 2.07 bits per heavy atom. The predicted molar refractivity (Wildman–Crippen MR) is 107 cm³/mol. The molecular formula is C18H27ClFN3O3S. The van der Waals surface area contributed by atoms with E-state index < -0.39 is 15.8 Å². The van der Waals surface area contributed by atoms with E-state index in [0.717, 1.165) is 30.2 Å². The van der Waals surface area contributed by atoms with E-state index >= 15 is 0 Å². The van der Waals surface area contributed by atoms with Gasteiger partial charge >= 0.3 is 0 Å². The molecule has 0 aromatic heterocycles. The summed E-state index contributed by atoms with van der Waals surface area (Å²) in [7, 11) is -3.47. The molecule has 27 heavy (non-hydrogen) atoms. The first kappa shape index (κ1) is 21.9. The van der Waals surface area contributed by atoms with E-state index in [2.05, 4.69) is 17.6 Å². The van der Waals surface area contributed by atoms with Crippen molar-refractivity contribution in [2.24, 2.45) is 11.8 Å². The highest BCUT2D eigenvalue weighted by molar-refractivity contribution is 7.93. The number of piperidine rings is 1.